The van der Waals surface area contributed by atoms with Gasteiger partial charge in [0.05, 0.1) is 5.56 Å². The molecule has 2 rings (SSSR count). The summed E-state index contributed by atoms with van der Waals surface area (Å²) in [6.45, 7) is 2.47. The van der Waals surface area contributed by atoms with E-state index in [0.717, 1.165) is 5.56 Å². The highest BCUT2D eigenvalue weighted by Gasteiger charge is 2.31. The molecule has 1 amide bonds. The van der Waals surface area contributed by atoms with Gasteiger partial charge in [0.2, 0.25) is 5.91 Å². The van der Waals surface area contributed by atoms with Crippen molar-refractivity contribution in [3.8, 4) is 0 Å². The number of thiol groups is 1. The molecule has 1 unspecified atom stereocenters. The third-order valence-corrected chi connectivity index (χ3v) is 4.44. The van der Waals surface area contributed by atoms with Gasteiger partial charge in [-0.25, -0.2) is 4.79 Å². The molecule has 1 aromatic rings. The number of carbonyl (C=O) groups is 2. The zero-order valence-corrected chi connectivity index (χ0v) is 12.9. The molecule has 1 N–H and O–H groups in total. The Morgan fingerprint density at radius 3 is 2.79 bits per heavy atom. The van der Waals surface area contributed by atoms with E-state index < -0.39 is 5.97 Å². The van der Waals surface area contributed by atoms with E-state index in [4.69, 9.17) is 5.11 Å². The standard InChI is InChI=1S/C13H14BrNO3S/c1-7-2-10(14)9(13(17)18)4-11(7)15-5-8(6-19)3-12(15)16/h2,4,8,19H,3,5-6H2,1H3,(H,17,18). The van der Waals surface area contributed by atoms with E-state index in [1.165, 1.54) is 0 Å². The van der Waals surface area contributed by atoms with Gasteiger partial charge in [0.25, 0.3) is 0 Å². The number of hydrogen-bond donors (Lipinski definition) is 2. The van der Waals surface area contributed by atoms with Crippen LogP contribution in [-0.2, 0) is 4.79 Å². The summed E-state index contributed by atoms with van der Waals surface area (Å²) in [5, 5.41) is 9.14. The van der Waals surface area contributed by atoms with Gasteiger partial charge in [0, 0.05) is 23.1 Å². The van der Waals surface area contributed by atoms with E-state index >= 15 is 0 Å². The van der Waals surface area contributed by atoms with Crippen molar-refractivity contribution in [2.45, 2.75) is 13.3 Å². The minimum absolute atomic E-state index is 0.0285. The molecule has 0 radical (unpaired) electrons. The number of carboxylic acid groups (broad SMARTS) is 1. The Morgan fingerprint density at radius 1 is 1.58 bits per heavy atom. The fourth-order valence-corrected chi connectivity index (χ4v) is 3.12. The van der Waals surface area contributed by atoms with Gasteiger partial charge in [-0.3, -0.25) is 4.79 Å². The molecule has 0 spiro atoms. The highest BCUT2D eigenvalue weighted by atomic mass is 79.9. The van der Waals surface area contributed by atoms with Crippen molar-refractivity contribution < 1.29 is 14.7 Å². The van der Waals surface area contributed by atoms with Gasteiger partial charge >= 0.3 is 5.97 Å². The van der Waals surface area contributed by atoms with Crippen LogP contribution in [0.4, 0.5) is 5.69 Å². The van der Waals surface area contributed by atoms with Gasteiger partial charge in [0.15, 0.2) is 0 Å². The molecule has 6 heteroatoms. The van der Waals surface area contributed by atoms with Crippen LogP contribution < -0.4 is 4.90 Å². The van der Waals surface area contributed by atoms with Crippen molar-refractivity contribution in [2.24, 2.45) is 5.92 Å². The van der Waals surface area contributed by atoms with Crippen molar-refractivity contribution in [3.63, 3.8) is 0 Å². The van der Waals surface area contributed by atoms with Gasteiger partial charge in [-0.1, -0.05) is 0 Å². The van der Waals surface area contributed by atoms with Crippen molar-refractivity contribution in [3.05, 3.63) is 27.7 Å². The average molecular weight is 344 g/mol. The summed E-state index contributed by atoms with van der Waals surface area (Å²) in [6, 6.07) is 3.29. The lowest BCUT2D eigenvalue weighted by Gasteiger charge is -2.20. The number of benzene rings is 1. The van der Waals surface area contributed by atoms with Crippen molar-refractivity contribution >= 4 is 46.1 Å². The van der Waals surface area contributed by atoms with Gasteiger partial charge in [0.1, 0.15) is 0 Å². The summed E-state index contributed by atoms with van der Waals surface area (Å²) in [4.78, 5) is 24.8. The van der Waals surface area contributed by atoms with Crippen LogP contribution in [0.25, 0.3) is 0 Å². The number of rotatable bonds is 3. The van der Waals surface area contributed by atoms with Crippen LogP contribution in [0.2, 0.25) is 0 Å². The molecule has 1 aromatic carbocycles. The van der Waals surface area contributed by atoms with Crippen molar-refractivity contribution in [1.82, 2.24) is 0 Å². The maximum atomic E-state index is 12.0. The van der Waals surface area contributed by atoms with Crippen LogP contribution in [0.15, 0.2) is 16.6 Å². The number of aryl methyl sites for hydroxylation is 1. The first-order valence-electron chi connectivity index (χ1n) is 5.88. The lowest BCUT2D eigenvalue weighted by atomic mass is 10.1. The lowest BCUT2D eigenvalue weighted by Crippen LogP contribution is -2.26. The quantitative estimate of drug-likeness (QED) is 0.829. The molecule has 1 aliphatic heterocycles. The molecule has 102 valence electrons. The molecular weight excluding hydrogens is 330 g/mol. The Bertz CT molecular complexity index is 547. The van der Waals surface area contributed by atoms with Crippen molar-refractivity contribution in [1.29, 1.82) is 0 Å². The number of carbonyl (C=O) groups excluding carboxylic acids is 1. The molecule has 1 heterocycles. The largest absolute Gasteiger partial charge is 0.478 e. The molecule has 0 bridgehead atoms. The predicted octanol–water partition coefficient (Wildman–Crippen LogP) is 2.74. The van der Waals surface area contributed by atoms with Crippen LogP contribution in [0.1, 0.15) is 22.3 Å². The molecule has 4 nitrogen and oxygen atoms in total. The summed E-state index contributed by atoms with van der Waals surface area (Å²) < 4.78 is 0.527. The number of aromatic carboxylic acids is 1. The minimum atomic E-state index is -1.01. The highest BCUT2D eigenvalue weighted by molar-refractivity contribution is 9.10. The van der Waals surface area contributed by atoms with Gasteiger partial charge < -0.3 is 10.0 Å². The van der Waals surface area contributed by atoms with Gasteiger partial charge in [-0.15, -0.1) is 0 Å². The maximum Gasteiger partial charge on any atom is 0.336 e. The zero-order chi connectivity index (χ0) is 14.2. The summed E-state index contributed by atoms with van der Waals surface area (Å²) >= 11 is 7.46. The Morgan fingerprint density at radius 2 is 2.26 bits per heavy atom. The van der Waals surface area contributed by atoms with Crippen LogP contribution in [-0.4, -0.2) is 29.3 Å². The Labute approximate surface area is 125 Å². The van der Waals surface area contributed by atoms with Crippen LogP contribution >= 0.6 is 28.6 Å². The second-order valence-corrected chi connectivity index (χ2v) is 5.90. The SMILES string of the molecule is Cc1cc(Br)c(C(=O)O)cc1N1CC(CS)CC1=O. The average Bonchev–Trinajstić information content (AvgIpc) is 2.70. The highest BCUT2D eigenvalue weighted by Crippen LogP contribution is 2.32. The normalized spacial score (nSPS) is 19.0. The van der Waals surface area contributed by atoms with Crippen LogP contribution in [0.3, 0.4) is 0 Å². The number of carboxylic acids is 1. The molecule has 0 aromatic heterocycles. The van der Waals surface area contributed by atoms with E-state index in [1.807, 2.05) is 6.92 Å². The zero-order valence-electron chi connectivity index (χ0n) is 10.4. The van der Waals surface area contributed by atoms with Crippen molar-refractivity contribution in [2.75, 3.05) is 17.2 Å². The molecule has 1 saturated heterocycles. The number of nitrogens with zero attached hydrogens (tertiary/aromatic N) is 1. The van der Waals surface area contributed by atoms with Gasteiger partial charge in [-0.05, 0) is 52.2 Å². The Hall–Kier alpha value is -1.01. The number of hydrogen-bond acceptors (Lipinski definition) is 3. The molecule has 1 aliphatic rings. The third kappa shape index (κ3) is 2.79. The Kier molecular flexibility index (Phi) is 4.20. The first kappa shape index (κ1) is 14.4. The summed E-state index contributed by atoms with van der Waals surface area (Å²) in [5.74, 6) is -0.0950. The van der Waals surface area contributed by atoms with E-state index in [-0.39, 0.29) is 17.4 Å². The Balaban J connectivity index is 2.42. The predicted molar refractivity (Wildman–Crippen MR) is 80.2 cm³/mol. The maximum absolute atomic E-state index is 12.0. The van der Waals surface area contributed by atoms with E-state index in [9.17, 15) is 9.59 Å². The fraction of sp³-hybridized carbons (Fsp3) is 0.385. The smallest absolute Gasteiger partial charge is 0.336 e. The van der Waals surface area contributed by atoms with E-state index in [1.54, 1.807) is 17.0 Å². The monoisotopic (exact) mass is 343 g/mol. The third-order valence-electron chi connectivity index (χ3n) is 3.27. The van der Waals surface area contributed by atoms with Crippen LogP contribution in [0.5, 0.6) is 0 Å². The number of anilines is 1. The molecule has 0 aliphatic carbocycles. The lowest BCUT2D eigenvalue weighted by molar-refractivity contribution is -0.117. The molecule has 1 atom stereocenters. The first-order valence-corrected chi connectivity index (χ1v) is 7.31. The van der Waals surface area contributed by atoms with E-state index in [0.29, 0.717) is 28.9 Å². The number of amides is 1. The molecular formula is C13H14BrNO3S. The second kappa shape index (κ2) is 5.54. The summed E-state index contributed by atoms with van der Waals surface area (Å²) in [7, 11) is 0. The molecule has 19 heavy (non-hydrogen) atoms. The fourth-order valence-electron chi connectivity index (χ4n) is 2.25. The topological polar surface area (TPSA) is 57.6 Å². The number of halogens is 1. The molecule has 1 fully saturated rings. The van der Waals surface area contributed by atoms with Gasteiger partial charge in [-0.2, -0.15) is 12.6 Å². The summed E-state index contributed by atoms with van der Waals surface area (Å²) in [6.07, 6.45) is 0.474. The first-order chi connectivity index (χ1) is 8.93. The second-order valence-electron chi connectivity index (χ2n) is 4.68. The summed E-state index contributed by atoms with van der Waals surface area (Å²) in [5.41, 5.74) is 1.72. The minimum Gasteiger partial charge on any atom is -0.478 e. The van der Waals surface area contributed by atoms with E-state index in [2.05, 4.69) is 28.6 Å². The van der Waals surface area contributed by atoms with Crippen LogP contribution in [0, 0.1) is 12.8 Å². The molecule has 0 saturated carbocycles.